The van der Waals surface area contributed by atoms with E-state index in [4.69, 9.17) is 0 Å². The molecule has 0 bridgehead atoms. The molecule has 1 heteroatoms. The fourth-order valence-corrected chi connectivity index (χ4v) is 6.23. The largest absolute Gasteiger partial charge is 0.508 e. The summed E-state index contributed by atoms with van der Waals surface area (Å²) in [7, 11) is 0. The van der Waals surface area contributed by atoms with Crippen LogP contribution in [0.3, 0.4) is 0 Å². The Morgan fingerprint density at radius 1 is 1.14 bits per heavy atom. The Morgan fingerprint density at radius 2 is 1.95 bits per heavy atom. The van der Waals surface area contributed by atoms with Gasteiger partial charge in [0.1, 0.15) is 5.75 Å². The number of phenolic OH excluding ortho intramolecular Hbond substituents is 1. The normalized spacial score (nSPS) is 44.8. The van der Waals surface area contributed by atoms with Crippen LogP contribution in [0.2, 0.25) is 0 Å². The summed E-state index contributed by atoms with van der Waals surface area (Å²) in [5.74, 6) is 4.63. The molecule has 1 aromatic rings. The van der Waals surface area contributed by atoms with E-state index in [9.17, 15) is 5.11 Å². The molecule has 21 heavy (non-hydrogen) atoms. The predicted molar refractivity (Wildman–Crippen MR) is 86.4 cm³/mol. The molecule has 0 heterocycles. The maximum Gasteiger partial charge on any atom is 0.115 e. The maximum atomic E-state index is 9.80. The van der Waals surface area contributed by atoms with E-state index in [1.807, 2.05) is 12.1 Å². The van der Waals surface area contributed by atoms with Crippen molar-refractivity contribution in [2.24, 2.45) is 29.1 Å². The van der Waals surface area contributed by atoms with Crippen LogP contribution in [-0.4, -0.2) is 5.11 Å². The molecule has 4 rings (SSSR count). The highest BCUT2D eigenvalue weighted by Crippen LogP contribution is 2.63. The number of rotatable bonds is 0. The van der Waals surface area contributed by atoms with Gasteiger partial charge in [0.25, 0.3) is 0 Å². The van der Waals surface area contributed by atoms with Crippen molar-refractivity contribution in [3.05, 3.63) is 29.3 Å². The highest BCUT2D eigenvalue weighted by Gasteiger charge is 2.54. The van der Waals surface area contributed by atoms with Crippen LogP contribution in [0, 0.1) is 29.1 Å². The van der Waals surface area contributed by atoms with E-state index in [1.54, 1.807) is 5.56 Å². The van der Waals surface area contributed by atoms with E-state index in [0.717, 1.165) is 36.0 Å². The van der Waals surface area contributed by atoms with E-state index in [1.165, 1.54) is 31.2 Å². The number of hydrogen-bond acceptors (Lipinski definition) is 1. The Labute approximate surface area is 128 Å². The first-order chi connectivity index (χ1) is 10.0. The van der Waals surface area contributed by atoms with Crippen LogP contribution in [0.1, 0.15) is 63.5 Å². The van der Waals surface area contributed by atoms with Gasteiger partial charge in [-0.3, -0.25) is 0 Å². The molecule has 2 fully saturated rings. The minimum Gasteiger partial charge on any atom is -0.508 e. The number of hydrogen-bond donors (Lipinski definition) is 1. The van der Waals surface area contributed by atoms with Crippen molar-refractivity contribution < 1.29 is 5.11 Å². The van der Waals surface area contributed by atoms with E-state index in [2.05, 4.69) is 26.8 Å². The van der Waals surface area contributed by atoms with Crippen LogP contribution in [0.15, 0.2) is 18.2 Å². The quantitative estimate of drug-likeness (QED) is 0.700. The first-order valence-electron chi connectivity index (χ1n) is 8.82. The van der Waals surface area contributed by atoms with Gasteiger partial charge in [-0.2, -0.15) is 0 Å². The monoisotopic (exact) mass is 284 g/mol. The average Bonchev–Trinajstić information content (AvgIpc) is 2.74. The van der Waals surface area contributed by atoms with Crippen molar-refractivity contribution in [1.29, 1.82) is 0 Å². The predicted octanol–water partition coefficient (Wildman–Crippen LogP) is 5.13. The lowest BCUT2D eigenvalue weighted by Gasteiger charge is -2.53. The van der Waals surface area contributed by atoms with Crippen molar-refractivity contribution >= 4 is 0 Å². The molecule has 3 aliphatic carbocycles. The zero-order valence-electron chi connectivity index (χ0n) is 13.6. The molecule has 6 unspecified atom stereocenters. The highest BCUT2D eigenvalue weighted by atomic mass is 16.3. The smallest absolute Gasteiger partial charge is 0.115 e. The third-order valence-electron chi connectivity index (χ3n) is 7.53. The summed E-state index contributed by atoms with van der Waals surface area (Å²) in [5.41, 5.74) is 3.56. The summed E-state index contributed by atoms with van der Waals surface area (Å²) >= 11 is 0. The second-order valence-corrected chi connectivity index (χ2v) is 8.38. The Kier molecular flexibility index (Phi) is 2.93. The van der Waals surface area contributed by atoms with Gasteiger partial charge in [-0.05, 0) is 90.4 Å². The zero-order valence-corrected chi connectivity index (χ0v) is 13.6. The zero-order chi connectivity index (χ0) is 14.8. The topological polar surface area (TPSA) is 20.2 Å². The van der Waals surface area contributed by atoms with Crippen LogP contribution < -0.4 is 0 Å². The molecule has 0 spiro atoms. The molecule has 114 valence electrons. The van der Waals surface area contributed by atoms with Gasteiger partial charge in [0.2, 0.25) is 0 Å². The van der Waals surface area contributed by atoms with Crippen LogP contribution in [0.5, 0.6) is 5.75 Å². The number of phenols is 1. The SMILES string of the molecule is CC1Cc2cc(O)ccc2C2CCC3(C)C(C)CCC3C12. The first kappa shape index (κ1) is 13.7. The summed E-state index contributed by atoms with van der Waals surface area (Å²) in [6.45, 7) is 7.52. The van der Waals surface area contributed by atoms with Gasteiger partial charge in [0.15, 0.2) is 0 Å². The van der Waals surface area contributed by atoms with Gasteiger partial charge in [-0.1, -0.05) is 26.8 Å². The van der Waals surface area contributed by atoms with Gasteiger partial charge < -0.3 is 5.11 Å². The second-order valence-electron chi connectivity index (χ2n) is 8.38. The van der Waals surface area contributed by atoms with Crippen LogP contribution in [0.4, 0.5) is 0 Å². The van der Waals surface area contributed by atoms with Crippen LogP contribution in [0.25, 0.3) is 0 Å². The van der Waals surface area contributed by atoms with Gasteiger partial charge >= 0.3 is 0 Å². The van der Waals surface area contributed by atoms with Gasteiger partial charge in [0, 0.05) is 0 Å². The van der Waals surface area contributed by atoms with Gasteiger partial charge in [-0.15, -0.1) is 0 Å². The minimum atomic E-state index is 0.439. The molecule has 1 N–H and O–H groups in total. The Bertz CT molecular complexity index is 563. The van der Waals surface area contributed by atoms with Crippen molar-refractivity contribution in [1.82, 2.24) is 0 Å². The lowest BCUT2D eigenvalue weighted by Crippen LogP contribution is -2.44. The molecule has 1 aromatic carbocycles. The Hall–Kier alpha value is -0.980. The average molecular weight is 284 g/mol. The number of aromatic hydroxyl groups is 1. The van der Waals surface area contributed by atoms with E-state index in [0.29, 0.717) is 11.2 Å². The molecule has 6 atom stereocenters. The van der Waals surface area contributed by atoms with Crippen LogP contribution >= 0.6 is 0 Å². The van der Waals surface area contributed by atoms with E-state index in [-0.39, 0.29) is 0 Å². The van der Waals surface area contributed by atoms with Crippen molar-refractivity contribution in [2.75, 3.05) is 0 Å². The summed E-state index contributed by atoms with van der Waals surface area (Å²) < 4.78 is 0. The van der Waals surface area contributed by atoms with E-state index < -0.39 is 0 Å². The summed E-state index contributed by atoms with van der Waals surface area (Å²) in [6, 6.07) is 6.14. The van der Waals surface area contributed by atoms with Gasteiger partial charge in [0.05, 0.1) is 0 Å². The van der Waals surface area contributed by atoms with Crippen molar-refractivity contribution in [3.63, 3.8) is 0 Å². The second kappa shape index (κ2) is 4.51. The molecule has 0 saturated heterocycles. The molecule has 0 radical (unpaired) electrons. The third-order valence-corrected chi connectivity index (χ3v) is 7.53. The lowest BCUT2D eigenvalue weighted by molar-refractivity contribution is 0.00998. The molecule has 1 nitrogen and oxygen atoms in total. The highest BCUT2D eigenvalue weighted by molar-refractivity contribution is 5.40. The summed E-state index contributed by atoms with van der Waals surface area (Å²) in [6.07, 6.45) is 6.78. The molecule has 0 aliphatic heterocycles. The Morgan fingerprint density at radius 3 is 2.76 bits per heavy atom. The van der Waals surface area contributed by atoms with Crippen molar-refractivity contribution in [3.8, 4) is 5.75 Å². The standard InChI is InChI=1S/C20H28O/c1-12-10-14-11-15(21)5-6-16(14)17-8-9-20(3)13(2)4-7-18(20)19(12)17/h5-6,11-13,17-19,21H,4,7-10H2,1-3H3. The minimum absolute atomic E-state index is 0.439. The van der Waals surface area contributed by atoms with Crippen molar-refractivity contribution in [2.45, 2.75) is 58.8 Å². The lowest BCUT2D eigenvalue weighted by atomic mass is 9.52. The number of benzene rings is 1. The van der Waals surface area contributed by atoms with Gasteiger partial charge in [-0.25, -0.2) is 0 Å². The van der Waals surface area contributed by atoms with E-state index >= 15 is 0 Å². The fraction of sp³-hybridized carbons (Fsp3) is 0.700. The molecular weight excluding hydrogens is 256 g/mol. The third kappa shape index (κ3) is 1.82. The molecule has 2 saturated carbocycles. The molecule has 0 aromatic heterocycles. The maximum absolute atomic E-state index is 9.80. The summed E-state index contributed by atoms with van der Waals surface area (Å²) in [4.78, 5) is 0. The van der Waals surface area contributed by atoms with Crippen LogP contribution in [-0.2, 0) is 6.42 Å². The molecule has 0 amide bonds. The molecule has 3 aliphatic rings. The number of fused-ring (bicyclic) bond motifs is 5. The summed E-state index contributed by atoms with van der Waals surface area (Å²) in [5, 5.41) is 9.80. The first-order valence-corrected chi connectivity index (χ1v) is 8.82. The molecular formula is C20H28O. The Balaban J connectivity index is 1.76. The fourth-order valence-electron chi connectivity index (χ4n) is 6.23.